The van der Waals surface area contributed by atoms with Crippen molar-refractivity contribution in [2.24, 2.45) is 17.3 Å². The fraction of sp³-hybridized carbons (Fsp3) is 0.344. The van der Waals surface area contributed by atoms with Crippen LogP contribution < -0.4 is 10.4 Å². The van der Waals surface area contributed by atoms with Crippen molar-refractivity contribution in [3.63, 3.8) is 0 Å². The summed E-state index contributed by atoms with van der Waals surface area (Å²) in [6.45, 7) is 16.1. The van der Waals surface area contributed by atoms with E-state index in [2.05, 4.69) is 77.6 Å². The van der Waals surface area contributed by atoms with Crippen molar-refractivity contribution >= 4 is 29.8 Å². The zero-order valence-corrected chi connectivity index (χ0v) is 20.9. The van der Waals surface area contributed by atoms with E-state index < -0.39 is 5.97 Å². The average molecular weight is 451 g/mol. The second-order valence-corrected chi connectivity index (χ2v) is 11.5. The number of benzene rings is 2. The Morgan fingerprint density at radius 3 is 2.35 bits per heavy atom. The molecule has 174 valence electrons. The van der Waals surface area contributed by atoms with E-state index >= 15 is 0 Å². The van der Waals surface area contributed by atoms with Gasteiger partial charge in [-0.05, 0) is 87.2 Å². The summed E-state index contributed by atoms with van der Waals surface area (Å²) in [4.78, 5) is 11.2. The molecule has 0 aromatic heterocycles. The number of carbonyl (C=O) groups is 1. The van der Waals surface area contributed by atoms with Gasteiger partial charge in [0.15, 0.2) is 0 Å². The summed E-state index contributed by atoms with van der Waals surface area (Å²) in [7, 11) is 0. The molecule has 0 radical (unpaired) electrons. The third kappa shape index (κ3) is 3.70. The number of hydrogen-bond acceptors (Lipinski definition) is 1. The first kappa shape index (κ1) is 22.7. The lowest BCUT2D eigenvalue weighted by Gasteiger charge is -2.42. The number of carboxylic acids is 1. The largest absolute Gasteiger partial charge is 0.478 e. The van der Waals surface area contributed by atoms with Gasteiger partial charge in [-0.15, -0.1) is 0 Å². The lowest BCUT2D eigenvalue weighted by molar-refractivity contribution is 0.0697. The Hall–Kier alpha value is -3.13. The third-order valence-electron chi connectivity index (χ3n) is 8.22. The van der Waals surface area contributed by atoms with Gasteiger partial charge in [0.25, 0.3) is 0 Å². The predicted molar refractivity (Wildman–Crippen MR) is 142 cm³/mol. The molecule has 0 saturated carbocycles. The number of fused-ring (bicyclic) bond motifs is 2. The van der Waals surface area contributed by atoms with Gasteiger partial charge in [-0.3, -0.25) is 0 Å². The fourth-order valence-electron chi connectivity index (χ4n) is 6.15. The van der Waals surface area contributed by atoms with Crippen molar-refractivity contribution in [3.8, 4) is 0 Å². The van der Waals surface area contributed by atoms with E-state index in [1.807, 2.05) is 12.1 Å². The van der Waals surface area contributed by atoms with Crippen LogP contribution in [0.15, 0.2) is 60.2 Å². The van der Waals surface area contributed by atoms with Crippen molar-refractivity contribution in [1.82, 2.24) is 0 Å². The zero-order valence-electron chi connectivity index (χ0n) is 20.9. The standard InChI is InChI=1S/C32H34O2/c1-19-13-28-25(16-27(19)20(2)21-7-9-22(10-8-21)30(33)34)15-24-14-23-11-12-31(3,4)18-26(23)17-29(24)32(28,5)6/h7-12,14-15,17-19,27H,2,13,16H2,1,3-6H3,(H,33,34). The van der Waals surface area contributed by atoms with Crippen molar-refractivity contribution in [2.75, 3.05) is 0 Å². The smallest absolute Gasteiger partial charge is 0.335 e. The zero-order chi connectivity index (χ0) is 24.4. The first-order chi connectivity index (χ1) is 16.0. The molecule has 2 aromatic rings. The normalized spacial score (nSPS) is 23.7. The quantitative estimate of drug-likeness (QED) is 0.592. The Labute approximate surface area is 202 Å². The van der Waals surface area contributed by atoms with E-state index in [0.29, 0.717) is 17.4 Å². The summed E-state index contributed by atoms with van der Waals surface area (Å²) in [5.74, 6) is -0.0748. The molecule has 0 aliphatic heterocycles. The lowest BCUT2D eigenvalue weighted by atomic mass is 9.62. The number of carboxylic acid groups (broad SMARTS) is 1. The highest BCUT2D eigenvalue weighted by Gasteiger charge is 2.38. The van der Waals surface area contributed by atoms with Gasteiger partial charge in [-0.1, -0.05) is 83.2 Å². The Balaban J connectivity index is 1.54. The molecule has 2 heteroatoms. The molecule has 2 unspecified atom stereocenters. The summed E-state index contributed by atoms with van der Waals surface area (Å²) < 4.78 is 0. The molecular formula is C32H34O2. The van der Waals surface area contributed by atoms with E-state index in [9.17, 15) is 9.90 Å². The van der Waals surface area contributed by atoms with Gasteiger partial charge in [0.1, 0.15) is 0 Å². The molecule has 5 rings (SSSR count). The Morgan fingerprint density at radius 1 is 1.00 bits per heavy atom. The molecule has 0 bridgehead atoms. The SMILES string of the molecule is C=C(c1ccc(C(=O)O)cc1)C1CC2=C(CC1C)C(C)(C)c1cc3c(cc1=C2)C=CC(C)(C)C=3. The van der Waals surface area contributed by atoms with Crippen molar-refractivity contribution in [2.45, 2.75) is 52.9 Å². The lowest BCUT2D eigenvalue weighted by Crippen LogP contribution is -2.38. The Bertz CT molecular complexity index is 1390. The number of hydrogen-bond donors (Lipinski definition) is 1. The first-order valence-corrected chi connectivity index (χ1v) is 12.3. The third-order valence-corrected chi connectivity index (χ3v) is 8.22. The maximum Gasteiger partial charge on any atom is 0.335 e. The van der Waals surface area contributed by atoms with Crippen LogP contribution in [-0.2, 0) is 5.41 Å². The second-order valence-electron chi connectivity index (χ2n) is 11.5. The van der Waals surface area contributed by atoms with Crippen molar-refractivity contribution in [1.29, 1.82) is 0 Å². The highest BCUT2D eigenvalue weighted by atomic mass is 16.4. The van der Waals surface area contributed by atoms with Gasteiger partial charge < -0.3 is 5.11 Å². The van der Waals surface area contributed by atoms with E-state index in [-0.39, 0.29) is 10.8 Å². The summed E-state index contributed by atoms with van der Waals surface area (Å²) in [6.07, 6.45) is 11.4. The number of aromatic carboxylic acids is 1. The topological polar surface area (TPSA) is 37.3 Å². The molecular weight excluding hydrogens is 416 g/mol. The minimum absolute atomic E-state index is 0.00269. The molecule has 0 heterocycles. The number of allylic oxidation sites excluding steroid dienone is 4. The molecule has 0 saturated heterocycles. The summed E-state index contributed by atoms with van der Waals surface area (Å²) in [6, 6.07) is 12.0. The molecule has 3 aliphatic rings. The summed E-state index contributed by atoms with van der Waals surface area (Å²) >= 11 is 0. The van der Waals surface area contributed by atoms with E-state index in [4.69, 9.17) is 0 Å². The van der Waals surface area contributed by atoms with Crippen molar-refractivity contribution < 1.29 is 9.90 Å². The molecule has 3 aliphatic carbocycles. The predicted octanol–water partition coefficient (Wildman–Crippen LogP) is 6.35. The number of rotatable bonds is 3. The molecule has 0 amide bonds. The van der Waals surface area contributed by atoms with Crippen LogP contribution in [0.2, 0.25) is 0 Å². The fourth-order valence-corrected chi connectivity index (χ4v) is 6.15. The summed E-state index contributed by atoms with van der Waals surface area (Å²) in [5.41, 5.74) is 8.29. The van der Waals surface area contributed by atoms with E-state index in [0.717, 1.165) is 24.0 Å². The highest BCUT2D eigenvalue weighted by Crippen LogP contribution is 2.48. The van der Waals surface area contributed by atoms with E-state index in [1.54, 1.807) is 17.7 Å². The van der Waals surface area contributed by atoms with Crippen LogP contribution in [0.25, 0.3) is 23.8 Å². The van der Waals surface area contributed by atoms with Crippen LogP contribution in [0.1, 0.15) is 74.5 Å². The molecule has 1 N–H and O–H groups in total. The molecule has 2 atom stereocenters. The second kappa shape index (κ2) is 7.70. The van der Waals surface area contributed by atoms with Crippen LogP contribution in [0, 0.1) is 17.3 Å². The summed E-state index contributed by atoms with van der Waals surface area (Å²) in [5, 5.41) is 11.9. The van der Waals surface area contributed by atoms with Gasteiger partial charge in [0.05, 0.1) is 5.56 Å². The van der Waals surface area contributed by atoms with Gasteiger partial charge in [-0.25, -0.2) is 4.79 Å². The van der Waals surface area contributed by atoms with Gasteiger partial charge in [0, 0.05) is 10.8 Å². The molecule has 34 heavy (non-hydrogen) atoms. The maximum absolute atomic E-state index is 11.2. The Morgan fingerprint density at radius 2 is 1.68 bits per heavy atom. The van der Waals surface area contributed by atoms with Crippen LogP contribution in [0.3, 0.4) is 0 Å². The first-order valence-electron chi connectivity index (χ1n) is 12.3. The Kier molecular flexibility index (Phi) is 5.13. The maximum atomic E-state index is 11.2. The average Bonchev–Trinajstić information content (AvgIpc) is 2.78. The molecule has 0 fully saturated rings. The van der Waals surface area contributed by atoms with Crippen LogP contribution in [-0.4, -0.2) is 11.1 Å². The van der Waals surface area contributed by atoms with Gasteiger partial charge in [0.2, 0.25) is 0 Å². The van der Waals surface area contributed by atoms with Crippen LogP contribution >= 0.6 is 0 Å². The monoisotopic (exact) mass is 450 g/mol. The van der Waals surface area contributed by atoms with E-state index in [1.165, 1.54) is 27.1 Å². The van der Waals surface area contributed by atoms with Crippen LogP contribution in [0.4, 0.5) is 0 Å². The van der Waals surface area contributed by atoms with Gasteiger partial charge >= 0.3 is 5.97 Å². The molecule has 0 spiro atoms. The minimum Gasteiger partial charge on any atom is -0.478 e. The molecule has 2 aromatic carbocycles. The molecule has 2 nitrogen and oxygen atoms in total. The van der Waals surface area contributed by atoms with Gasteiger partial charge in [-0.2, -0.15) is 0 Å². The van der Waals surface area contributed by atoms with Crippen LogP contribution in [0.5, 0.6) is 0 Å². The highest BCUT2D eigenvalue weighted by molar-refractivity contribution is 5.88. The van der Waals surface area contributed by atoms with Crippen molar-refractivity contribution in [3.05, 3.63) is 92.9 Å². The minimum atomic E-state index is -0.895.